The highest BCUT2D eigenvalue weighted by Gasteiger charge is 2.19. The summed E-state index contributed by atoms with van der Waals surface area (Å²) < 4.78 is 25.8. The number of nitrogens with one attached hydrogen (secondary N) is 1. The van der Waals surface area contributed by atoms with Gasteiger partial charge in [0, 0.05) is 17.4 Å². The maximum atomic E-state index is 13.0. The first-order valence-electron chi connectivity index (χ1n) is 6.15. The molecule has 0 saturated heterocycles. The van der Waals surface area contributed by atoms with E-state index in [-0.39, 0.29) is 16.9 Å². The Labute approximate surface area is 120 Å². The Kier molecular flexibility index (Phi) is 5.91. The van der Waals surface area contributed by atoms with E-state index < -0.39 is 11.6 Å². The molecule has 0 atom stereocenters. The van der Waals surface area contributed by atoms with E-state index in [1.165, 1.54) is 6.07 Å². The molecule has 0 spiro atoms. The summed E-state index contributed by atoms with van der Waals surface area (Å²) in [5, 5.41) is 3.68. The maximum absolute atomic E-state index is 13.0. The Morgan fingerprint density at radius 3 is 2.58 bits per heavy atom. The first-order chi connectivity index (χ1) is 8.85. The molecule has 0 unspecified atom stereocenters. The van der Waals surface area contributed by atoms with Gasteiger partial charge < -0.3 is 5.32 Å². The van der Waals surface area contributed by atoms with Crippen molar-refractivity contribution in [2.75, 3.05) is 11.9 Å². The maximum Gasteiger partial charge on any atom is 0.251 e. The summed E-state index contributed by atoms with van der Waals surface area (Å²) in [7, 11) is 0. The largest absolute Gasteiger partial charge is 0.352 e. The molecule has 0 aromatic heterocycles. The normalized spacial score (nSPS) is 11.4. The Morgan fingerprint density at radius 1 is 1.32 bits per heavy atom. The van der Waals surface area contributed by atoms with Gasteiger partial charge in [-0.1, -0.05) is 29.8 Å². The van der Waals surface area contributed by atoms with Crippen molar-refractivity contribution in [3.8, 4) is 0 Å². The zero-order valence-electron chi connectivity index (χ0n) is 11.1. The van der Waals surface area contributed by atoms with Gasteiger partial charge in [0.25, 0.3) is 5.91 Å². The highest BCUT2D eigenvalue weighted by molar-refractivity contribution is 9.09. The standard InChI is InChI=1S/C14H18BrF2NO/c1-14(2,6-3-7-15)9-18-13(19)10-4-5-11(16)12(17)8-10/h4-5,8H,3,6-7,9H2,1-2H3,(H,18,19). The van der Waals surface area contributed by atoms with Crippen LogP contribution in [-0.4, -0.2) is 17.8 Å². The van der Waals surface area contributed by atoms with Gasteiger partial charge in [-0.2, -0.15) is 0 Å². The second-order valence-electron chi connectivity index (χ2n) is 5.27. The minimum Gasteiger partial charge on any atom is -0.352 e. The minimum atomic E-state index is -1.01. The smallest absolute Gasteiger partial charge is 0.251 e. The van der Waals surface area contributed by atoms with E-state index in [9.17, 15) is 13.6 Å². The van der Waals surface area contributed by atoms with E-state index in [0.717, 1.165) is 30.3 Å². The number of halogens is 3. The van der Waals surface area contributed by atoms with Crippen molar-refractivity contribution in [2.24, 2.45) is 5.41 Å². The van der Waals surface area contributed by atoms with Crippen LogP contribution in [-0.2, 0) is 0 Å². The SMILES string of the molecule is CC(C)(CCCBr)CNC(=O)c1ccc(F)c(F)c1. The molecule has 1 rings (SSSR count). The highest BCUT2D eigenvalue weighted by Crippen LogP contribution is 2.21. The molecule has 0 aliphatic carbocycles. The molecule has 0 fully saturated rings. The summed E-state index contributed by atoms with van der Waals surface area (Å²) in [4.78, 5) is 11.8. The van der Waals surface area contributed by atoms with Gasteiger partial charge >= 0.3 is 0 Å². The van der Waals surface area contributed by atoms with Gasteiger partial charge in [-0.25, -0.2) is 8.78 Å². The highest BCUT2D eigenvalue weighted by atomic mass is 79.9. The third-order valence-corrected chi connectivity index (χ3v) is 3.46. The van der Waals surface area contributed by atoms with Crippen LogP contribution in [0.3, 0.4) is 0 Å². The lowest BCUT2D eigenvalue weighted by atomic mass is 9.88. The van der Waals surface area contributed by atoms with Crippen LogP contribution in [0.4, 0.5) is 8.78 Å². The Balaban J connectivity index is 2.57. The first-order valence-corrected chi connectivity index (χ1v) is 7.27. The van der Waals surface area contributed by atoms with Crippen molar-refractivity contribution < 1.29 is 13.6 Å². The van der Waals surface area contributed by atoms with E-state index >= 15 is 0 Å². The van der Waals surface area contributed by atoms with Crippen LogP contribution in [0.15, 0.2) is 18.2 Å². The second kappa shape index (κ2) is 6.98. The number of amides is 1. The van der Waals surface area contributed by atoms with Gasteiger partial charge in [0.1, 0.15) is 0 Å². The molecule has 2 nitrogen and oxygen atoms in total. The lowest BCUT2D eigenvalue weighted by Crippen LogP contribution is -2.34. The summed E-state index contributed by atoms with van der Waals surface area (Å²) in [5.41, 5.74) is 0.109. The zero-order chi connectivity index (χ0) is 14.5. The number of carbonyl (C=O) groups excluding carboxylic acids is 1. The molecule has 19 heavy (non-hydrogen) atoms. The van der Waals surface area contributed by atoms with Crippen molar-refractivity contribution in [3.05, 3.63) is 35.4 Å². The van der Waals surface area contributed by atoms with Gasteiger partial charge in [0.2, 0.25) is 0 Å². The average Bonchev–Trinajstić information content (AvgIpc) is 2.37. The van der Waals surface area contributed by atoms with E-state index in [0.29, 0.717) is 6.54 Å². The van der Waals surface area contributed by atoms with Crippen molar-refractivity contribution in [1.29, 1.82) is 0 Å². The summed E-state index contributed by atoms with van der Waals surface area (Å²) in [6.45, 7) is 4.61. The van der Waals surface area contributed by atoms with Gasteiger partial charge in [-0.15, -0.1) is 0 Å². The van der Waals surface area contributed by atoms with E-state index in [2.05, 4.69) is 35.1 Å². The molecule has 1 N–H and O–H groups in total. The lowest BCUT2D eigenvalue weighted by molar-refractivity contribution is 0.0934. The Bertz CT molecular complexity index is 449. The molecule has 1 amide bonds. The van der Waals surface area contributed by atoms with Crippen molar-refractivity contribution in [3.63, 3.8) is 0 Å². The Hall–Kier alpha value is -0.970. The zero-order valence-corrected chi connectivity index (χ0v) is 12.7. The van der Waals surface area contributed by atoms with Crippen LogP contribution in [0.2, 0.25) is 0 Å². The van der Waals surface area contributed by atoms with Crippen LogP contribution in [0, 0.1) is 17.0 Å². The fourth-order valence-electron chi connectivity index (χ4n) is 1.69. The number of hydrogen-bond donors (Lipinski definition) is 1. The number of carbonyl (C=O) groups is 1. The van der Waals surface area contributed by atoms with Crippen molar-refractivity contribution in [1.82, 2.24) is 5.32 Å². The van der Waals surface area contributed by atoms with E-state index in [1.54, 1.807) is 0 Å². The number of benzene rings is 1. The monoisotopic (exact) mass is 333 g/mol. The molecule has 0 bridgehead atoms. The van der Waals surface area contributed by atoms with Crippen LogP contribution in [0.25, 0.3) is 0 Å². The summed E-state index contributed by atoms with van der Waals surface area (Å²) >= 11 is 3.37. The molecule has 0 heterocycles. The number of rotatable bonds is 6. The predicted molar refractivity (Wildman–Crippen MR) is 75.5 cm³/mol. The molecule has 0 aliphatic heterocycles. The van der Waals surface area contributed by atoms with E-state index in [1.807, 2.05) is 0 Å². The van der Waals surface area contributed by atoms with Gasteiger partial charge in [-0.3, -0.25) is 4.79 Å². The second-order valence-corrected chi connectivity index (χ2v) is 6.06. The molecule has 1 aromatic rings. The van der Waals surface area contributed by atoms with Crippen molar-refractivity contribution >= 4 is 21.8 Å². The summed E-state index contributed by atoms with van der Waals surface area (Å²) in [6, 6.07) is 3.15. The molecule has 0 radical (unpaired) electrons. The quantitative estimate of drug-likeness (QED) is 0.786. The Morgan fingerprint density at radius 2 is 2.00 bits per heavy atom. The van der Waals surface area contributed by atoms with Gasteiger partial charge in [0.15, 0.2) is 11.6 Å². The molecular weight excluding hydrogens is 316 g/mol. The lowest BCUT2D eigenvalue weighted by Gasteiger charge is -2.24. The third-order valence-electron chi connectivity index (χ3n) is 2.90. The minimum absolute atomic E-state index is 0.0258. The van der Waals surface area contributed by atoms with Gasteiger partial charge in [-0.05, 0) is 36.5 Å². The molecule has 1 aromatic carbocycles. The topological polar surface area (TPSA) is 29.1 Å². The van der Waals surface area contributed by atoms with Crippen LogP contribution in [0.1, 0.15) is 37.0 Å². The van der Waals surface area contributed by atoms with E-state index in [4.69, 9.17) is 0 Å². The number of alkyl halides is 1. The summed E-state index contributed by atoms with van der Waals surface area (Å²) in [5.74, 6) is -2.34. The molecule has 106 valence electrons. The molecule has 0 saturated carbocycles. The average molecular weight is 334 g/mol. The van der Waals surface area contributed by atoms with Crippen LogP contribution in [0.5, 0.6) is 0 Å². The van der Waals surface area contributed by atoms with Crippen LogP contribution < -0.4 is 5.32 Å². The fourth-order valence-corrected chi connectivity index (χ4v) is 1.97. The molecule has 5 heteroatoms. The molecule has 0 aliphatic rings. The molecular formula is C14H18BrF2NO. The fraction of sp³-hybridized carbons (Fsp3) is 0.500. The van der Waals surface area contributed by atoms with Crippen molar-refractivity contribution in [2.45, 2.75) is 26.7 Å². The van der Waals surface area contributed by atoms with Gasteiger partial charge in [0.05, 0.1) is 0 Å². The van der Waals surface area contributed by atoms with Crippen LogP contribution >= 0.6 is 15.9 Å². The predicted octanol–water partition coefficient (Wildman–Crippen LogP) is 3.90. The third kappa shape index (κ3) is 5.27. The first kappa shape index (κ1) is 16.1. The number of hydrogen-bond acceptors (Lipinski definition) is 1. The summed E-state index contributed by atoms with van der Waals surface area (Å²) in [6.07, 6.45) is 1.99.